The summed E-state index contributed by atoms with van der Waals surface area (Å²) in [5.41, 5.74) is 2.02. The summed E-state index contributed by atoms with van der Waals surface area (Å²) in [6.07, 6.45) is 4.05. The van der Waals surface area contributed by atoms with Crippen molar-refractivity contribution in [3.05, 3.63) is 47.7 Å². The Morgan fingerprint density at radius 3 is 2.88 bits per heavy atom. The van der Waals surface area contributed by atoms with Crippen LogP contribution in [-0.2, 0) is 17.7 Å². The molecule has 1 N–H and O–H groups in total. The van der Waals surface area contributed by atoms with Crippen molar-refractivity contribution in [3.63, 3.8) is 0 Å². The first kappa shape index (κ1) is 17.0. The molecule has 0 spiro atoms. The number of urea groups is 1. The quantitative estimate of drug-likeness (QED) is 0.814. The minimum absolute atomic E-state index is 0.101. The van der Waals surface area contributed by atoms with Crippen molar-refractivity contribution in [2.45, 2.75) is 38.8 Å². The van der Waals surface area contributed by atoms with Gasteiger partial charge in [-0.3, -0.25) is 0 Å². The molecule has 1 aliphatic carbocycles. The van der Waals surface area contributed by atoms with Gasteiger partial charge in [-0.25, -0.2) is 14.6 Å². The molecular weight excluding hydrogens is 322 g/mol. The molecule has 0 radical (unpaired) electrons. The summed E-state index contributed by atoms with van der Waals surface area (Å²) in [6.45, 7) is 2.28. The first-order valence-electron chi connectivity index (χ1n) is 8.30. The molecule has 1 saturated carbocycles. The van der Waals surface area contributed by atoms with E-state index in [-0.39, 0.29) is 24.3 Å². The lowest BCUT2D eigenvalue weighted by atomic mass is 10.1. The number of esters is 1. The average molecular weight is 343 g/mol. The standard InChI is InChI=1S/C18H21N3O4/c1-3-12-5-4-6-13(9-12)19-18(23)21(14-7-8-14)10-16-20-15(11-25-16)17(22)24-2/h4-6,9,11,14H,3,7-8,10H2,1-2H3,(H,19,23). The maximum atomic E-state index is 12.6. The third-order valence-electron chi connectivity index (χ3n) is 4.09. The molecule has 7 heteroatoms. The fraction of sp³-hybridized carbons (Fsp3) is 0.389. The van der Waals surface area contributed by atoms with Crippen LogP contribution in [0, 0.1) is 0 Å². The van der Waals surface area contributed by atoms with Crippen molar-refractivity contribution in [3.8, 4) is 0 Å². The summed E-state index contributed by atoms with van der Waals surface area (Å²) < 4.78 is 9.91. The van der Waals surface area contributed by atoms with E-state index in [2.05, 4.69) is 22.0 Å². The Morgan fingerprint density at radius 1 is 1.40 bits per heavy atom. The van der Waals surface area contributed by atoms with Gasteiger partial charge in [-0.1, -0.05) is 19.1 Å². The van der Waals surface area contributed by atoms with Gasteiger partial charge in [0.2, 0.25) is 5.89 Å². The van der Waals surface area contributed by atoms with Crippen LogP contribution >= 0.6 is 0 Å². The lowest BCUT2D eigenvalue weighted by molar-refractivity contribution is 0.0594. The van der Waals surface area contributed by atoms with Gasteiger partial charge in [0.25, 0.3) is 0 Å². The average Bonchev–Trinajstić information content (AvgIpc) is 3.36. The zero-order chi connectivity index (χ0) is 17.8. The second kappa shape index (κ2) is 7.38. The zero-order valence-corrected chi connectivity index (χ0v) is 14.3. The van der Waals surface area contributed by atoms with E-state index in [1.165, 1.54) is 13.4 Å². The molecular formula is C18H21N3O4. The number of rotatable bonds is 6. The molecule has 0 bridgehead atoms. The molecule has 1 aliphatic rings. The summed E-state index contributed by atoms with van der Waals surface area (Å²) in [4.78, 5) is 29.9. The second-order valence-electron chi connectivity index (χ2n) is 5.96. The van der Waals surface area contributed by atoms with Crippen molar-refractivity contribution in [1.82, 2.24) is 9.88 Å². The molecule has 1 aromatic heterocycles. The van der Waals surface area contributed by atoms with Crippen molar-refractivity contribution < 1.29 is 18.7 Å². The number of ether oxygens (including phenoxy) is 1. The Labute approximate surface area is 146 Å². The first-order valence-corrected chi connectivity index (χ1v) is 8.30. The third kappa shape index (κ3) is 4.17. The fourth-order valence-electron chi connectivity index (χ4n) is 2.54. The minimum Gasteiger partial charge on any atom is -0.464 e. The summed E-state index contributed by atoms with van der Waals surface area (Å²) in [7, 11) is 1.28. The zero-order valence-electron chi connectivity index (χ0n) is 14.3. The van der Waals surface area contributed by atoms with Crippen LogP contribution in [0.1, 0.15) is 41.7 Å². The molecule has 2 amide bonds. The van der Waals surface area contributed by atoms with Crippen LogP contribution in [0.25, 0.3) is 0 Å². The minimum atomic E-state index is -0.561. The smallest absolute Gasteiger partial charge is 0.360 e. The number of hydrogen-bond donors (Lipinski definition) is 1. The molecule has 3 rings (SSSR count). The second-order valence-corrected chi connectivity index (χ2v) is 5.96. The van der Waals surface area contributed by atoms with E-state index < -0.39 is 5.97 Å². The third-order valence-corrected chi connectivity index (χ3v) is 4.09. The Kier molecular flexibility index (Phi) is 5.02. The Balaban J connectivity index is 1.69. The lowest BCUT2D eigenvalue weighted by Gasteiger charge is -2.21. The fourth-order valence-corrected chi connectivity index (χ4v) is 2.54. The van der Waals surface area contributed by atoms with Gasteiger partial charge in [0.05, 0.1) is 13.7 Å². The number of benzene rings is 1. The highest BCUT2D eigenvalue weighted by atomic mass is 16.5. The van der Waals surface area contributed by atoms with Crippen LogP contribution in [0.3, 0.4) is 0 Å². The molecule has 2 aromatic rings. The van der Waals surface area contributed by atoms with Crippen LogP contribution in [0.15, 0.2) is 34.9 Å². The molecule has 1 aromatic carbocycles. The predicted molar refractivity (Wildman–Crippen MR) is 91.2 cm³/mol. The summed E-state index contributed by atoms with van der Waals surface area (Å²) >= 11 is 0. The molecule has 0 atom stereocenters. The number of amides is 2. The highest BCUT2D eigenvalue weighted by Gasteiger charge is 2.34. The summed E-state index contributed by atoms with van der Waals surface area (Å²) in [5, 5.41) is 2.92. The van der Waals surface area contributed by atoms with Gasteiger partial charge >= 0.3 is 12.0 Å². The molecule has 1 heterocycles. The largest absolute Gasteiger partial charge is 0.464 e. The van der Waals surface area contributed by atoms with Crippen molar-refractivity contribution in [2.24, 2.45) is 0 Å². The van der Waals surface area contributed by atoms with Crippen molar-refractivity contribution in [1.29, 1.82) is 0 Å². The van der Waals surface area contributed by atoms with E-state index in [0.717, 1.165) is 30.5 Å². The molecule has 1 fully saturated rings. The lowest BCUT2D eigenvalue weighted by Crippen LogP contribution is -2.36. The highest BCUT2D eigenvalue weighted by molar-refractivity contribution is 5.90. The number of carbonyl (C=O) groups excluding carboxylic acids is 2. The number of aryl methyl sites for hydroxylation is 1. The number of nitrogens with zero attached hydrogens (tertiary/aromatic N) is 2. The molecule has 132 valence electrons. The van der Waals surface area contributed by atoms with Crippen LogP contribution < -0.4 is 5.32 Å². The Bertz CT molecular complexity index is 767. The number of nitrogens with one attached hydrogen (secondary N) is 1. The van der Waals surface area contributed by atoms with Crippen LogP contribution in [0.5, 0.6) is 0 Å². The topological polar surface area (TPSA) is 84.7 Å². The van der Waals surface area contributed by atoms with E-state index in [1.54, 1.807) is 4.90 Å². The first-order chi connectivity index (χ1) is 12.1. The van der Waals surface area contributed by atoms with Gasteiger partial charge in [0, 0.05) is 11.7 Å². The van der Waals surface area contributed by atoms with Gasteiger partial charge in [-0.05, 0) is 37.0 Å². The molecule has 25 heavy (non-hydrogen) atoms. The van der Waals surface area contributed by atoms with Gasteiger partial charge < -0.3 is 19.4 Å². The monoisotopic (exact) mass is 343 g/mol. The van der Waals surface area contributed by atoms with E-state index in [0.29, 0.717) is 5.89 Å². The normalized spacial score (nSPS) is 13.4. The SMILES string of the molecule is CCc1cccc(NC(=O)N(Cc2nc(C(=O)OC)co2)C2CC2)c1. The number of carbonyl (C=O) groups is 2. The number of anilines is 1. The number of methoxy groups -OCH3 is 1. The molecule has 0 unspecified atom stereocenters. The van der Waals surface area contributed by atoms with E-state index in [1.807, 2.05) is 24.3 Å². The highest BCUT2D eigenvalue weighted by Crippen LogP contribution is 2.29. The Morgan fingerprint density at radius 2 is 2.20 bits per heavy atom. The van der Waals surface area contributed by atoms with Crippen molar-refractivity contribution in [2.75, 3.05) is 12.4 Å². The van der Waals surface area contributed by atoms with Gasteiger partial charge in [-0.2, -0.15) is 0 Å². The number of oxazole rings is 1. The van der Waals surface area contributed by atoms with Crippen LogP contribution in [-0.4, -0.2) is 35.0 Å². The van der Waals surface area contributed by atoms with Gasteiger partial charge in [-0.15, -0.1) is 0 Å². The summed E-state index contributed by atoms with van der Waals surface area (Å²) in [5.74, 6) is -0.251. The maximum absolute atomic E-state index is 12.6. The van der Waals surface area contributed by atoms with Crippen molar-refractivity contribution >= 4 is 17.7 Å². The number of aromatic nitrogens is 1. The maximum Gasteiger partial charge on any atom is 0.360 e. The van der Waals surface area contributed by atoms with Crippen LogP contribution in [0.2, 0.25) is 0 Å². The van der Waals surface area contributed by atoms with E-state index in [4.69, 9.17) is 4.42 Å². The van der Waals surface area contributed by atoms with Gasteiger partial charge in [0.15, 0.2) is 5.69 Å². The van der Waals surface area contributed by atoms with Gasteiger partial charge in [0.1, 0.15) is 6.26 Å². The summed E-state index contributed by atoms with van der Waals surface area (Å²) in [6, 6.07) is 7.74. The number of hydrogen-bond acceptors (Lipinski definition) is 5. The molecule has 0 saturated heterocycles. The predicted octanol–water partition coefficient (Wildman–Crippen LogP) is 3.22. The molecule has 0 aliphatic heterocycles. The van der Waals surface area contributed by atoms with Crippen LogP contribution in [0.4, 0.5) is 10.5 Å². The molecule has 7 nitrogen and oxygen atoms in total. The van der Waals surface area contributed by atoms with E-state index >= 15 is 0 Å². The van der Waals surface area contributed by atoms with E-state index in [9.17, 15) is 9.59 Å². The Hall–Kier alpha value is -2.83.